The molecule has 48 heavy (non-hydrogen) atoms. The Labute approximate surface area is 281 Å². The van der Waals surface area contributed by atoms with Gasteiger partial charge in [0, 0.05) is 48.9 Å². The predicted molar refractivity (Wildman–Crippen MR) is 178 cm³/mol. The number of benzene rings is 2. The van der Waals surface area contributed by atoms with Crippen molar-refractivity contribution in [2.24, 2.45) is 11.8 Å². The van der Waals surface area contributed by atoms with Gasteiger partial charge in [0.25, 0.3) is 5.91 Å². The molecule has 1 saturated heterocycles. The van der Waals surface area contributed by atoms with Gasteiger partial charge in [0.2, 0.25) is 5.88 Å². The maximum Gasteiger partial charge on any atom is 0.408 e. The van der Waals surface area contributed by atoms with Crippen LogP contribution in [-0.2, 0) is 16.9 Å². The van der Waals surface area contributed by atoms with E-state index < -0.39 is 11.6 Å². The number of carbonyl (C=O) groups excluding carboxylic acids is 2. The first-order valence-electron chi connectivity index (χ1n) is 15.6. The highest BCUT2D eigenvalue weighted by Gasteiger charge is 2.59. The minimum atomic E-state index is -0.859. The fourth-order valence-electron chi connectivity index (χ4n) is 5.98. The second-order valence-corrected chi connectivity index (χ2v) is 13.5. The van der Waals surface area contributed by atoms with Gasteiger partial charge in [0.1, 0.15) is 23.4 Å². The molecule has 0 radical (unpaired) electrons. The average Bonchev–Trinajstić information content (AvgIpc) is 3.38. The number of fused-ring (bicyclic) bond motifs is 1. The Morgan fingerprint density at radius 1 is 0.979 bits per heavy atom. The lowest BCUT2D eigenvalue weighted by Gasteiger charge is -2.27. The van der Waals surface area contributed by atoms with Crippen molar-refractivity contribution >= 4 is 23.3 Å². The van der Waals surface area contributed by atoms with Gasteiger partial charge in [-0.3, -0.25) is 4.79 Å². The number of piperidine rings is 1. The standard InChI is InChI=1S/C36H33FN6O4S/c1-21-31(48-33(40-21)32-38-14-7-15-39-32)34(44)43-18-26-27(19-43)30(26)47-29-17-24(16-28(41-29)23-10-12-25(37)13-11-23)36(2,3)42-35(45)46-20-22-8-5-4-6-9-22/h4-17,26-27,30H,18-20H2,1-3H3,(H,42,45)/t26-,27+,30?. The second-order valence-electron chi connectivity index (χ2n) is 12.5. The number of alkyl carbamates (subject to hydrolysis) is 1. The maximum atomic E-state index is 13.8. The summed E-state index contributed by atoms with van der Waals surface area (Å²) in [5.74, 6) is 0.819. The smallest absolute Gasteiger partial charge is 0.408 e. The molecule has 1 saturated carbocycles. The summed E-state index contributed by atoms with van der Waals surface area (Å²) in [5, 5.41) is 3.57. The van der Waals surface area contributed by atoms with E-state index in [9.17, 15) is 14.0 Å². The van der Waals surface area contributed by atoms with E-state index in [4.69, 9.17) is 14.5 Å². The zero-order valence-electron chi connectivity index (χ0n) is 26.6. The molecular formula is C36H33FN6O4S. The fourth-order valence-corrected chi connectivity index (χ4v) is 6.96. The van der Waals surface area contributed by atoms with Crippen LogP contribution in [-0.4, -0.2) is 56.0 Å². The predicted octanol–water partition coefficient (Wildman–Crippen LogP) is 6.42. The van der Waals surface area contributed by atoms with Crippen LogP contribution in [0, 0.1) is 24.6 Å². The Balaban J connectivity index is 1.05. The molecule has 1 N–H and O–H groups in total. The number of rotatable bonds is 9. The van der Waals surface area contributed by atoms with E-state index in [0.717, 1.165) is 11.1 Å². The number of aromatic nitrogens is 4. The van der Waals surface area contributed by atoms with E-state index in [1.807, 2.05) is 68.1 Å². The molecule has 244 valence electrons. The molecule has 10 nitrogen and oxygen atoms in total. The molecule has 4 heterocycles. The van der Waals surface area contributed by atoms with Crippen molar-refractivity contribution < 1.29 is 23.5 Å². The van der Waals surface area contributed by atoms with Gasteiger partial charge < -0.3 is 19.7 Å². The van der Waals surface area contributed by atoms with Gasteiger partial charge in [-0.2, -0.15) is 0 Å². The number of hydrogen-bond donors (Lipinski definition) is 1. The molecule has 3 atom stereocenters. The molecule has 2 fully saturated rings. The number of pyridine rings is 1. The molecule has 0 bridgehead atoms. The van der Waals surface area contributed by atoms with Crippen molar-refractivity contribution in [3.8, 4) is 28.0 Å². The number of amides is 2. The number of likely N-dealkylation sites (tertiary alicyclic amines) is 1. The lowest BCUT2D eigenvalue weighted by molar-refractivity contribution is 0.0755. The number of nitrogens with one attached hydrogen (secondary N) is 1. The first kappa shape index (κ1) is 31.4. The number of carbonyl (C=O) groups is 2. The van der Waals surface area contributed by atoms with Gasteiger partial charge in [-0.25, -0.2) is 29.1 Å². The van der Waals surface area contributed by atoms with Crippen LogP contribution in [0.15, 0.2) is 85.2 Å². The van der Waals surface area contributed by atoms with E-state index in [1.165, 1.54) is 23.5 Å². The van der Waals surface area contributed by atoms with E-state index in [0.29, 0.717) is 51.6 Å². The van der Waals surface area contributed by atoms with Crippen molar-refractivity contribution in [1.82, 2.24) is 30.2 Å². The first-order valence-corrected chi connectivity index (χ1v) is 16.4. The molecule has 2 aromatic carbocycles. The highest BCUT2D eigenvalue weighted by molar-refractivity contribution is 7.17. The molecule has 12 heteroatoms. The number of thiazole rings is 1. The zero-order chi connectivity index (χ0) is 33.4. The van der Waals surface area contributed by atoms with Gasteiger partial charge in [-0.05, 0) is 68.3 Å². The summed E-state index contributed by atoms with van der Waals surface area (Å²) in [5.41, 5.74) is 2.71. The number of aryl methyl sites for hydroxylation is 1. The summed E-state index contributed by atoms with van der Waals surface area (Å²) in [6.45, 7) is 6.84. The molecule has 1 aliphatic heterocycles. The Morgan fingerprint density at radius 2 is 1.69 bits per heavy atom. The van der Waals surface area contributed by atoms with Gasteiger partial charge in [-0.1, -0.05) is 30.3 Å². The minimum Gasteiger partial charge on any atom is -0.474 e. The summed E-state index contributed by atoms with van der Waals surface area (Å²) in [6, 6.07) is 20.9. The highest BCUT2D eigenvalue weighted by atomic mass is 32.1. The fraction of sp³-hybridized carbons (Fsp3) is 0.278. The largest absolute Gasteiger partial charge is 0.474 e. The summed E-state index contributed by atoms with van der Waals surface area (Å²) in [6.07, 6.45) is 2.63. The second kappa shape index (κ2) is 12.8. The van der Waals surface area contributed by atoms with Crippen LogP contribution in [0.4, 0.5) is 9.18 Å². The van der Waals surface area contributed by atoms with E-state index in [-0.39, 0.29) is 36.3 Å². The third-order valence-corrected chi connectivity index (χ3v) is 9.84. The third-order valence-electron chi connectivity index (χ3n) is 8.70. The number of halogens is 1. The van der Waals surface area contributed by atoms with Gasteiger partial charge in [0.05, 0.1) is 16.9 Å². The molecule has 2 aliphatic rings. The Kier molecular flexibility index (Phi) is 8.34. The van der Waals surface area contributed by atoms with Crippen molar-refractivity contribution in [3.05, 3.63) is 113 Å². The summed E-state index contributed by atoms with van der Waals surface area (Å²) in [4.78, 5) is 46.6. The van der Waals surface area contributed by atoms with Gasteiger partial charge in [0.15, 0.2) is 10.8 Å². The van der Waals surface area contributed by atoms with Crippen LogP contribution in [0.2, 0.25) is 0 Å². The van der Waals surface area contributed by atoms with Crippen molar-refractivity contribution in [1.29, 1.82) is 0 Å². The summed E-state index contributed by atoms with van der Waals surface area (Å²) < 4.78 is 25.7. The average molecular weight is 665 g/mol. The van der Waals surface area contributed by atoms with Crippen molar-refractivity contribution in [2.75, 3.05) is 13.1 Å². The Hall–Kier alpha value is -5.23. The zero-order valence-corrected chi connectivity index (χ0v) is 27.4. The van der Waals surface area contributed by atoms with Gasteiger partial charge >= 0.3 is 6.09 Å². The molecule has 1 unspecified atom stereocenters. The van der Waals surface area contributed by atoms with Crippen LogP contribution in [0.5, 0.6) is 5.88 Å². The maximum absolute atomic E-state index is 13.8. The SMILES string of the molecule is Cc1nc(-c2ncccn2)sc1C(=O)N1C[C@@H]2C(Oc3cc(C(C)(C)NC(=O)OCc4ccccc4)cc(-c4ccc(F)cc4)n3)[C@@H]2C1. The van der Waals surface area contributed by atoms with E-state index in [2.05, 4.69) is 20.3 Å². The third kappa shape index (κ3) is 6.61. The van der Waals surface area contributed by atoms with Crippen LogP contribution in [0.1, 0.15) is 40.3 Å². The van der Waals surface area contributed by atoms with Crippen molar-refractivity contribution in [3.63, 3.8) is 0 Å². The molecule has 5 aromatic rings. The number of ether oxygens (including phenoxy) is 2. The molecule has 0 spiro atoms. The highest BCUT2D eigenvalue weighted by Crippen LogP contribution is 2.48. The quantitative estimate of drug-likeness (QED) is 0.192. The molecule has 3 aromatic heterocycles. The van der Waals surface area contributed by atoms with E-state index in [1.54, 1.807) is 30.6 Å². The topological polar surface area (TPSA) is 119 Å². The number of nitrogens with zero attached hydrogens (tertiary/aromatic N) is 5. The Bertz CT molecular complexity index is 1940. The van der Waals surface area contributed by atoms with Crippen LogP contribution in [0.25, 0.3) is 22.1 Å². The lowest BCUT2D eigenvalue weighted by Crippen LogP contribution is -2.41. The normalized spacial score (nSPS) is 18.2. The van der Waals surface area contributed by atoms with Crippen LogP contribution < -0.4 is 10.1 Å². The monoisotopic (exact) mass is 664 g/mol. The lowest BCUT2D eigenvalue weighted by atomic mass is 9.93. The number of hydrogen-bond acceptors (Lipinski definition) is 9. The van der Waals surface area contributed by atoms with Gasteiger partial charge in [-0.15, -0.1) is 11.3 Å². The first-order chi connectivity index (χ1) is 23.1. The summed E-state index contributed by atoms with van der Waals surface area (Å²) in [7, 11) is 0. The van der Waals surface area contributed by atoms with Crippen molar-refractivity contribution in [2.45, 2.75) is 39.0 Å². The molecular weight excluding hydrogens is 631 g/mol. The molecule has 2 amide bonds. The molecule has 1 aliphatic carbocycles. The Morgan fingerprint density at radius 3 is 2.40 bits per heavy atom. The van der Waals surface area contributed by atoms with Crippen LogP contribution >= 0.6 is 11.3 Å². The summed E-state index contributed by atoms with van der Waals surface area (Å²) >= 11 is 1.31. The van der Waals surface area contributed by atoms with Crippen LogP contribution in [0.3, 0.4) is 0 Å². The minimum absolute atomic E-state index is 0.0520. The molecule has 7 rings (SSSR count). The van der Waals surface area contributed by atoms with E-state index >= 15 is 0 Å².